The summed E-state index contributed by atoms with van der Waals surface area (Å²) in [6, 6.07) is 3.98. The second-order valence-electron chi connectivity index (χ2n) is 7.61. The summed E-state index contributed by atoms with van der Waals surface area (Å²) < 4.78 is 55.7. The first-order valence-corrected chi connectivity index (χ1v) is 9.62. The van der Waals surface area contributed by atoms with Crippen molar-refractivity contribution < 1.29 is 27.1 Å². The van der Waals surface area contributed by atoms with E-state index in [0.29, 0.717) is 24.5 Å². The summed E-state index contributed by atoms with van der Waals surface area (Å²) in [4.78, 5) is 18.8. The number of hydrogen-bond acceptors (Lipinski definition) is 4. The van der Waals surface area contributed by atoms with Gasteiger partial charge in [-0.3, -0.25) is 14.7 Å². The standard InChI is InChI=1S/C20H21F4N3O2/c21-13-9-27(10-13)15-3-1-14(2-4-15)26-19(28)12-5-11-6-16(22)18(29-20(23)24)7-17(11)25-8-12/h5-8,13-15,20H,1-4,9-10H2,(H,26,28)/t14-,15-. The normalized spacial score (nSPS) is 23.2. The van der Waals surface area contributed by atoms with Gasteiger partial charge in [0.15, 0.2) is 11.6 Å². The first kappa shape index (κ1) is 19.9. The topological polar surface area (TPSA) is 54.5 Å². The third kappa shape index (κ3) is 4.44. The zero-order chi connectivity index (χ0) is 20.5. The van der Waals surface area contributed by atoms with Gasteiger partial charge in [0.1, 0.15) is 6.17 Å². The van der Waals surface area contributed by atoms with E-state index in [2.05, 4.69) is 19.9 Å². The van der Waals surface area contributed by atoms with Crippen LogP contribution in [0.4, 0.5) is 17.6 Å². The Morgan fingerprint density at radius 2 is 1.90 bits per heavy atom. The molecule has 2 fully saturated rings. The summed E-state index contributed by atoms with van der Waals surface area (Å²) in [5.74, 6) is -1.85. The molecule has 156 valence electrons. The lowest BCUT2D eigenvalue weighted by Gasteiger charge is -2.43. The molecule has 0 atom stereocenters. The minimum absolute atomic E-state index is 0.0236. The fourth-order valence-corrected chi connectivity index (χ4v) is 4.05. The van der Waals surface area contributed by atoms with Gasteiger partial charge in [-0.2, -0.15) is 8.78 Å². The van der Waals surface area contributed by atoms with Crippen LogP contribution in [0.15, 0.2) is 24.4 Å². The number of alkyl halides is 3. The molecule has 1 aromatic heterocycles. The fraction of sp³-hybridized carbons (Fsp3) is 0.500. The molecule has 29 heavy (non-hydrogen) atoms. The largest absolute Gasteiger partial charge is 0.432 e. The van der Waals surface area contributed by atoms with Crippen LogP contribution in [-0.4, -0.2) is 53.7 Å². The predicted molar refractivity (Wildman–Crippen MR) is 98.3 cm³/mol. The molecule has 1 aromatic carbocycles. The van der Waals surface area contributed by atoms with E-state index in [1.165, 1.54) is 12.3 Å². The van der Waals surface area contributed by atoms with Crippen molar-refractivity contribution in [1.82, 2.24) is 15.2 Å². The van der Waals surface area contributed by atoms with Crippen LogP contribution in [0.25, 0.3) is 10.9 Å². The number of halogens is 4. The number of amides is 1. The summed E-state index contributed by atoms with van der Waals surface area (Å²) in [7, 11) is 0. The maximum atomic E-state index is 13.9. The molecule has 1 amide bonds. The van der Waals surface area contributed by atoms with Gasteiger partial charge in [-0.25, -0.2) is 8.78 Å². The number of benzene rings is 1. The number of nitrogens with one attached hydrogen (secondary N) is 1. The van der Waals surface area contributed by atoms with Crippen LogP contribution in [0.5, 0.6) is 5.75 Å². The van der Waals surface area contributed by atoms with Gasteiger partial charge >= 0.3 is 6.61 Å². The maximum Gasteiger partial charge on any atom is 0.387 e. The zero-order valence-corrected chi connectivity index (χ0v) is 15.6. The van der Waals surface area contributed by atoms with Crippen LogP contribution in [0.1, 0.15) is 36.0 Å². The van der Waals surface area contributed by atoms with Gasteiger partial charge in [0.05, 0.1) is 11.1 Å². The molecule has 5 nitrogen and oxygen atoms in total. The number of ether oxygens (including phenoxy) is 1. The Labute approximate surface area is 165 Å². The summed E-state index contributed by atoms with van der Waals surface area (Å²) in [6.07, 6.45) is 4.06. The first-order chi connectivity index (χ1) is 13.9. The van der Waals surface area contributed by atoms with Crippen molar-refractivity contribution in [2.24, 2.45) is 0 Å². The van der Waals surface area contributed by atoms with Crippen LogP contribution in [0, 0.1) is 5.82 Å². The number of nitrogens with zero attached hydrogens (tertiary/aromatic N) is 2. The maximum absolute atomic E-state index is 13.9. The van der Waals surface area contributed by atoms with E-state index in [1.807, 2.05) is 0 Å². The molecule has 1 N–H and O–H groups in total. The number of hydrogen-bond donors (Lipinski definition) is 1. The number of carbonyl (C=O) groups is 1. The van der Waals surface area contributed by atoms with Gasteiger partial charge in [0, 0.05) is 42.8 Å². The van der Waals surface area contributed by atoms with E-state index < -0.39 is 24.3 Å². The highest BCUT2D eigenvalue weighted by molar-refractivity contribution is 5.97. The smallest absolute Gasteiger partial charge is 0.387 e. The highest BCUT2D eigenvalue weighted by Crippen LogP contribution is 2.28. The zero-order valence-electron chi connectivity index (χ0n) is 15.6. The predicted octanol–water partition coefficient (Wildman–Crippen LogP) is 3.67. The second kappa shape index (κ2) is 8.14. The molecule has 0 radical (unpaired) electrons. The number of fused-ring (bicyclic) bond motifs is 1. The van der Waals surface area contributed by atoms with Crippen molar-refractivity contribution in [3.8, 4) is 5.75 Å². The van der Waals surface area contributed by atoms with Crippen LogP contribution in [0.3, 0.4) is 0 Å². The Hall–Kier alpha value is -2.42. The highest BCUT2D eigenvalue weighted by atomic mass is 19.3. The summed E-state index contributed by atoms with van der Waals surface area (Å²) >= 11 is 0. The third-order valence-electron chi connectivity index (χ3n) is 5.63. The van der Waals surface area contributed by atoms with Crippen LogP contribution < -0.4 is 10.1 Å². The van der Waals surface area contributed by atoms with E-state index in [0.717, 1.165) is 37.8 Å². The molecule has 1 saturated heterocycles. The lowest BCUT2D eigenvalue weighted by Crippen LogP contribution is -2.55. The highest BCUT2D eigenvalue weighted by Gasteiger charge is 2.34. The Morgan fingerprint density at radius 3 is 2.55 bits per heavy atom. The van der Waals surface area contributed by atoms with Gasteiger partial charge in [0.25, 0.3) is 5.91 Å². The van der Waals surface area contributed by atoms with Gasteiger partial charge in [-0.1, -0.05) is 0 Å². The molecule has 0 spiro atoms. The minimum atomic E-state index is -3.14. The molecule has 0 unspecified atom stereocenters. The van der Waals surface area contributed by atoms with E-state index >= 15 is 0 Å². The Balaban J connectivity index is 1.38. The fourth-order valence-electron chi connectivity index (χ4n) is 4.05. The molecule has 4 rings (SSSR count). The Morgan fingerprint density at radius 1 is 1.17 bits per heavy atom. The lowest BCUT2D eigenvalue weighted by molar-refractivity contribution is -0.0520. The molecule has 1 aliphatic carbocycles. The van der Waals surface area contributed by atoms with E-state index in [-0.39, 0.29) is 23.0 Å². The Kier molecular flexibility index (Phi) is 5.58. The molecule has 1 aliphatic heterocycles. The molecular formula is C20H21F4N3O2. The average molecular weight is 411 g/mol. The molecule has 2 heterocycles. The van der Waals surface area contributed by atoms with Crippen molar-refractivity contribution in [3.05, 3.63) is 35.8 Å². The van der Waals surface area contributed by atoms with Crippen molar-refractivity contribution in [2.75, 3.05) is 13.1 Å². The van der Waals surface area contributed by atoms with Crippen molar-refractivity contribution in [1.29, 1.82) is 0 Å². The SMILES string of the molecule is O=C(N[C@H]1CC[C@H](N2CC(F)C2)CC1)c1cnc2cc(OC(F)F)c(F)cc2c1. The van der Waals surface area contributed by atoms with Crippen LogP contribution in [-0.2, 0) is 0 Å². The number of likely N-dealkylation sites (tertiary alicyclic amines) is 1. The van der Waals surface area contributed by atoms with Gasteiger partial charge < -0.3 is 10.1 Å². The van der Waals surface area contributed by atoms with E-state index in [1.54, 1.807) is 0 Å². The van der Waals surface area contributed by atoms with Crippen LogP contribution in [0.2, 0.25) is 0 Å². The van der Waals surface area contributed by atoms with E-state index in [4.69, 9.17) is 0 Å². The molecule has 1 saturated carbocycles. The molecular weight excluding hydrogens is 390 g/mol. The van der Waals surface area contributed by atoms with Gasteiger partial charge in [0.2, 0.25) is 0 Å². The van der Waals surface area contributed by atoms with Crippen molar-refractivity contribution in [2.45, 2.75) is 50.6 Å². The monoisotopic (exact) mass is 411 g/mol. The first-order valence-electron chi connectivity index (χ1n) is 9.62. The minimum Gasteiger partial charge on any atom is -0.432 e. The van der Waals surface area contributed by atoms with Crippen LogP contribution >= 0.6 is 0 Å². The summed E-state index contributed by atoms with van der Waals surface area (Å²) in [5, 5.41) is 3.29. The summed E-state index contributed by atoms with van der Waals surface area (Å²) in [5.41, 5.74) is 0.518. The quantitative estimate of drug-likeness (QED) is 0.763. The van der Waals surface area contributed by atoms with Crippen molar-refractivity contribution >= 4 is 16.8 Å². The second-order valence-corrected chi connectivity index (χ2v) is 7.61. The molecule has 2 aromatic rings. The third-order valence-corrected chi connectivity index (χ3v) is 5.63. The van der Waals surface area contributed by atoms with E-state index in [9.17, 15) is 22.4 Å². The van der Waals surface area contributed by atoms with Crippen molar-refractivity contribution in [3.63, 3.8) is 0 Å². The summed E-state index contributed by atoms with van der Waals surface area (Å²) in [6.45, 7) is -2.13. The number of carbonyl (C=O) groups excluding carboxylic acids is 1. The Bertz CT molecular complexity index is 897. The number of aromatic nitrogens is 1. The average Bonchev–Trinajstić information content (AvgIpc) is 2.66. The van der Waals surface area contributed by atoms with Gasteiger partial charge in [-0.05, 0) is 37.8 Å². The number of rotatable bonds is 5. The lowest BCUT2D eigenvalue weighted by atomic mass is 9.88. The molecule has 0 bridgehead atoms. The van der Waals surface area contributed by atoms with Gasteiger partial charge in [-0.15, -0.1) is 0 Å². The number of pyridine rings is 1. The molecule has 9 heteroatoms. The molecule has 2 aliphatic rings.